The maximum atomic E-state index is 12.3. The monoisotopic (exact) mass is 372 g/mol. The van der Waals surface area contributed by atoms with Gasteiger partial charge in [0.25, 0.3) is 0 Å². The minimum atomic E-state index is 0. The number of anilines is 1. The molecule has 2 saturated heterocycles. The van der Waals surface area contributed by atoms with Crippen molar-refractivity contribution in [2.75, 3.05) is 51.1 Å². The average molecular weight is 373 g/mol. The summed E-state index contributed by atoms with van der Waals surface area (Å²) in [5.74, 6) is 0.0337. The van der Waals surface area contributed by atoms with Crippen molar-refractivity contribution in [1.82, 2.24) is 15.1 Å². The van der Waals surface area contributed by atoms with Gasteiger partial charge < -0.3 is 10.6 Å². The van der Waals surface area contributed by atoms with E-state index in [0.717, 1.165) is 50.5 Å². The first-order valence-corrected chi connectivity index (χ1v) is 8.73. The van der Waals surface area contributed by atoms with Crippen molar-refractivity contribution in [3.63, 3.8) is 0 Å². The molecule has 1 atom stereocenters. The summed E-state index contributed by atoms with van der Waals surface area (Å²) in [5.41, 5.74) is 1.72. The number of nitrogens with zero attached hydrogens (tertiary/aromatic N) is 2. The van der Waals surface area contributed by atoms with Crippen LogP contribution in [0.25, 0.3) is 0 Å². The number of piperazine rings is 1. The molecule has 0 bridgehead atoms. The van der Waals surface area contributed by atoms with Crippen LogP contribution >= 0.6 is 24.0 Å². The third kappa shape index (κ3) is 4.83. The first-order chi connectivity index (χ1) is 11.1. The summed E-state index contributed by atoms with van der Waals surface area (Å²) >= 11 is 6.10. The Morgan fingerprint density at radius 2 is 2.08 bits per heavy atom. The van der Waals surface area contributed by atoms with Crippen LogP contribution in [-0.2, 0) is 4.79 Å². The number of hydrogen-bond acceptors (Lipinski definition) is 4. The largest absolute Gasteiger partial charge is 0.325 e. The van der Waals surface area contributed by atoms with Crippen molar-refractivity contribution >= 4 is 35.6 Å². The smallest absolute Gasteiger partial charge is 0.238 e. The Morgan fingerprint density at radius 1 is 1.33 bits per heavy atom. The van der Waals surface area contributed by atoms with Gasteiger partial charge in [0.05, 0.1) is 6.54 Å². The summed E-state index contributed by atoms with van der Waals surface area (Å²) < 4.78 is 0. The molecule has 0 aliphatic carbocycles. The summed E-state index contributed by atoms with van der Waals surface area (Å²) in [6.07, 6.45) is 1.24. The lowest BCUT2D eigenvalue weighted by Crippen LogP contribution is -2.52. The predicted octanol–water partition coefficient (Wildman–Crippen LogP) is 1.99. The number of carbonyl (C=O) groups excluding carboxylic acids is 1. The van der Waals surface area contributed by atoms with Gasteiger partial charge in [0.2, 0.25) is 5.91 Å². The quantitative estimate of drug-likeness (QED) is 0.848. The van der Waals surface area contributed by atoms with Gasteiger partial charge in [0, 0.05) is 49.5 Å². The molecule has 2 aliphatic heterocycles. The van der Waals surface area contributed by atoms with E-state index in [1.165, 1.54) is 6.42 Å². The molecule has 7 heteroatoms. The highest BCUT2D eigenvalue weighted by atomic mass is 35.5. The van der Waals surface area contributed by atoms with E-state index in [1.54, 1.807) is 0 Å². The van der Waals surface area contributed by atoms with Crippen LogP contribution in [0, 0.1) is 6.92 Å². The Kier molecular flexibility index (Phi) is 7.32. The molecule has 0 aromatic heterocycles. The van der Waals surface area contributed by atoms with Crippen molar-refractivity contribution in [2.45, 2.75) is 19.4 Å². The van der Waals surface area contributed by atoms with Crippen molar-refractivity contribution in [1.29, 1.82) is 0 Å². The average Bonchev–Trinajstić information content (AvgIpc) is 3.07. The van der Waals surface area contributed by atoms with Crippen molar-refractivity contribution in [2.24, 2.45) is 0 Å². The number of rotatable bonds is 4. The van der Waals surface area contributed by atoms with E-state index < -0.39 is 0 Å². The molecule has 3 rings (SSSR count). The molecule has 1 unspecified atom stereocenters. The fraction of sp³-hybridized carbons (Fsp3) is 0.588. The minimum absolute atomic E-state index is 0. The van der Waals surface area contributed by atoms with Gasteiger partial charge in [-0.15, -0.1) is 12.4 Å². The Morgan fingerprint density at radius 3 is 2.75 bits per heavy atom. The van der Waals surface area contributed by atoms with Gasteiger partial charge in [-0.05, 0) is 37.6 Å². The van der Waals surface area contributed by atoms with Gasteiger partial charge in [-0.2, -0.15) is 0 Å². The third-order valence-electron chi connectivity index (χ3n) is 4.87. The van der Waals surface area contributed by atoms with Gasteiger partial charge in [-0.25, -0.2) is 0 Å². The Labute approximate surface area is 155 Å². The first kappa shape index (κ1) is 19.5. The number of benzene rings is 1. The molecule has 134 valence electrons. The Bertz CT molecular complexity index is 556. The normalized spacial score (nSPS) is 22.2. The lowest BCUT2D eigenvalue weighted by Gasteiger charge is -2.37. The molecule has 0 saturated carbocycles. The summed E-state index contributed by atoms with van der Waals surface area (Å²) in [7, 11) is 0. The molecular weight excluding hydrogens is 347 g/mol. The molecule has 0 radical (unpaired) electrons. The number of hydrogen-bond donors (Lipinski definition) is 2. The minimum Gasteiger partial charge on any atom is -0.325 e. The van der Waals surface area contributed by atoms with Gasteiger partial charge in [-0.3, -0.25) is 14.6 Å². The molecule has 2 N–H and O–H groups in total. The lowest BCUT2D eigenvalue weighted by atomic mass is 10.2. The van der Waals surface area contributed by atoms with Crippen molar-refractivity contribution in [3.8, 4) is 0 Å². The molecule has 1 aromatic rings. The topological polar surface area (TPSA) is 47.6 Å². The number of amides is 1. The second-order valence-corrected chi connectivity index (χ2v) is 6.83. The molecule has 1 amide bonds. The zero-order valence-corrected chi connectivity index (χ0v) is 15.6. The van der Waals surface area contributed by atoms with Crippen LogP contribution in [-0.4, -0.2) is 67.6 Å². The van der Waals surface area contributed by atoms with E-state index in [2.05, 4.69) is 20.4 Å². The Balaban J connectivity index is 0.00000208. The SMILES string of the molecule is Cc1c(Cl)cccc1NC(=O)CN1CCN(C2CCNC2)CC1.Cl. The van der Waals surface area contributed by atoms with E-state index in [4.69, 9.17) is 11.6 Å². The lowest BCUT2D eigenvalue weighted by molar-refractivity contribution is -0.117. The molecule has 2 heterocycles. The molecule has 24 heavy (non-hydrogen) atoms. The van der Waals surface area contributed by atoms with Gasteiger partial charge in [0.15, 0.2) is 0 Å². The Hall–Kier alpha value is -0.850. The standard InChI is InChI=1S/C17H25ClN4O.ClH/c1-13-15(18)3-2-4-16(13)20-17(23)12-21-7-9-22(10-8-21)14-5-6-19-11-14;/h2-4,14,19H,5-12H2,1H3,(H,20,23);1H. The number of nitrogens with one attached hydrogen (secondary N) is 2. The first-order valence-electron chi connectivity index (χ1n) is 8.35. The highest BCUT2D eigenvalue weighted by molar-refractivity contribution is 6.31. The van der Waals surface area contributed by atoms with Crippen LogP contribution in [0.1, 0.15) is 12.0 Å². The fourth-order valence-electron chi connectivity index (χ4n) is 3.37. The van der Waals surface area contributed by atoms with Gasteiger partial charge in [-0.1, -0.05) is 17.7 Å². The van der Waals surface area contributed by atoms with Crippen LogP contribution in [0.5, 0.6) is 0 Å². The second-order valence-electron chi connectivity index (χ2n) is 6.42. The summed E-state index contributed by atoms with van der Waals surface area (Å²) in [6.45, 7) is 8.62. The van der Waals surface area contributed by atoms with Crippen LogP contribution in [0.3, 0.4) is 0 Å². The molecule has 2 aliphatic rings. The third-order valence-corrected chi connectivity index (χ3v) is 5.28. The van der Waals surface area contributed by atoms with Gasteiger partial charge in [0.1, 0.15) is 0 Å². The molecule has 5 nitrogen and oxygen atoms in total. The maximum absolute atomic E-state index is 12.3. The summed E-state index contributed by atoms with van der Waals surface area (Å²) in [4.78, 5) is 17.0. The maximum Gasteiger partial charge on any atom is 0.238 e. The number of halogens is 2. The van der Waals surface area contributed by atoms with Crippen molar-refractivity contribution in [3.05, 3.63) is 28.8 Å². The highest BCUT2D eigenvalue weighted by Gasteiger charge is 2.26. The fourth-order valence-corrected chi connectivity index (χ4v) is 3.55. The predicted molar refractivity (Wildman–Crippen MR) is 101 cm³/mol. The zero-order valence-electron chi connectivity index (χ0n) is 14.1. The van der Waals surface area contributed by atoms with Crippen molar-refractivity contribution < 1.29 is 4.79 Å². The van der Waals surface area contributed by atoms with E-state index in [1.807, 2.05) is 25.1 Å². The van der Waals surface area contributed by atoms with E-state index in [-0.39, 0.29) is 18.3 Å². The molecular formula is C17H26Cl2N4O. The van der Waals surface area contributed by atoms with Gasteiger partial charge >= 0.3 is 0 Å². The van der Waals surface area contributed by atoms with E-state index >= 15 is 0 Å². The second kappa shape index (κ2) is 9.02. The molecule has 1 aromatic carbocycles. The summed E-state index contributed by atoms with van der Waals surface area (Å²) in [6, 6.07) is 6.27. The zero-order chi connectivity index (χ0) is 16.2. The van der Waals surface area contributed by atoms with E-state index in [9.17, 15) is 4.79 Å². The van der Waals surface area contributed by atoms with E-state index in [0.29, 0.717) is 17.6 Å². The number of carbonyl (C=O) groups is 1. The highest BCUT2D eigenvalue weighted by Crippen LogP contribution is 2.22. The summed E-state index contributed by atoms with van der Waals surface area (Å²) in [5, 5.41) is 7.08. The van der Waals surface area contributed by atoms with Crippen LogP contribution in [0.2, 0.25) is 5.02 Å². The molecule has 2 fully saturated rings. The van der Waals surface area contributed by atoms with Crippen LogP contribution in [0.4, 0.5) is 5.69 Å². The van der Waals surface area contributed by atoms with Crippen LogP contribution < -0.4 is 10.6 Å². The van der Waals surface area contributed by atoms with Crippen LogP contribution in [0.15, 0.2) is 18.2 Å². The molecule has 0 spiro atoms.